The van der Waals surface area contributed by atoms with Crippen LogP contribution in [-0.4, -0.2) is 41.8 Å². The molecule has 26 heavy (non-hydrogen) atoms. The van der Waals surface area contributed by atoms with Crippen LogP contribution in [-0.2, 0) is 4.79 Å². The second kappa shape index (κ2) is 9.31. The van der Waals surface area contributed by atoms with E-state index in [0.29, 0.717) is 36.9 Å². The smallest absolute Gasteiger partial charge is 0.341 e. The Morgan fingerprint density at radius 1 is 0.885 bits per heavy atom. The zero-order valence-corrected chi connectivity index (χ0v) is 14.3. The van der Waals surface area contributed by atoms with Crippen LogP contribution in [0.3, 0.4) is 0 Å². The number of aliphatic carboxylic acids is 1. The fourth-order valence-corrected chi connectivity index (χ4v) is 2.12. The van der Waals surface area contributed by atoms with Crippen molar-refractivity contribution in [2.24, 2.45) is 0 Å². The van der Waals surface area contributed by atoms with Gasteiger partial charge < -0.3 is 24.4 Å². The Balaban J connectivity index is 1.69. The van der Waals surface area contributed by atoms with Gasteiger partial charge in [0, 0.05) is 12.5 Å². The van der Waals surface area contributed by atoms with Gasteiger partial charge in [-0.1, -0.05) is 0 Å². The van der Waals surface area contributed by atoms with Crippen LogP contribution in [0, 0.1) is 0 Å². The molecule has 0 bridgehead atoms. The number of hydrogen-bond acceptors (Lipinski definition) is 6. The fourth-order valence-electron chi connectivity index (χ4n) is 2.12. The summed E-state index contributed by atoms with van der Waals surface area (Å²) in [7, 11) is 0. The molecule has 0 atom stereocenters. The number of hydrogen-bond donors (Lipinski definition) is 2. The average molecular weight is 360 g/mol. The van der Waals surface area contributed by atoms with E-state index in [9.17, 15) is 14.7 Å². The van der Waals surface area contributed by atoms with Crippen molar-refractivity contribution in [2.45, 2.75) is 13.3 Å². The van der Waals surface area contributed by atoms with Crippen LogP contribution in [0.25, 0.3) is 0 Å². The van der Waals surface area contributed by atoms with E-state index < -0.39 is 5.97 Å². The van der Waals surface area contributed by atoms with Crippen LogP contribution in [0.2, 0.25) is 0 Å². The van der Waals surface area contributed by atoms with Crippen molar-refractivity contribution >= 4 is 11.8 Å². The molecule has 0 aliphatic rings. The molecule has 0 aliphatic heterocycles. The Morgan fingerprint density at radius 3 is 1.96 bits per heavy atom. The summed E-state index contributed by atoms with van der Waals surface area (Å²) in [5, 5.41) is 18.3. The summed E-state index contributed by atoms with van der Waals surface area (Å²) in [6.45, 7) is 1.81. The van der Waals surface area contributed by atoms with E-state index in [1.54, 1.807) is 30.3 Å². The molecule has 0 saturated heterocycles. The Kier molecular flexibility index (Phi) is 6.84. The maximum absolute atomic E-state index is 11.2. The lowest BCUT2D eigenvalue weighted by molar-refractivity contribution is -0.139. The molecule has 0 heterocycles. The summed E-state index contributed by atoms with van der Waals surface area (Å²) in [4.78, 5) is 21.7. The number of carbonyl (C=O) groups is 2. The van der Waals surface area contributed by atoms with Gasteiger partial charge in [0.1, 0.15) is 23.0 Å². The highest BCUT2D eigenvalue weighted by molar-refractivity contribution is 5.96. The first-order chi connectivity index (χ1) is 12.5. The number of ether oxygens (including phenoxy) is 3. The van der Waals surface area contributed by atoms with Gasteiger partial charge in [-0.2, -0.15) is 0 Å². The highest BCUT2D eigenvalue weighted by atomic mass is 16.5. The third kappa shape index (κ3) is 6.01. The molecule has 0 fully saturated rings. The second-order valence-corrected chi connectivity index (χ2v) is 5.44. The maximum atomic E-state index is 11.2. The normalized spacial score (nSPS) is 10.2. The first kappa shape index (κ1) is 19.1. The summed E-state index contributed by atoms with van der Waals surface area (Å²) < 4.78 is 16.1. The number of carboxylic acids is 1. The van der Waals surface area contributed by atoms with Crippen LogP contribution in [0.4, 0.5) is 0 Å². The highest BCUT2D eigenvalue weighted by Gasteiger charge is 2.07. The number of benzene rings is 2. The average Bonchev–Trinajstić information content (AvgIpc) is 2.60. The van der Waals surface area contributed by atoms with Gasteiger partial charge >= 0.3 is 5.97 Å². The Hall–Kier alpha value is -3.22. The Labute approximate surface area is 150 Å². The predicted molar refractivity (Wildman–Crippen MR) is 93.3 cm³/mol. The highest BCUT2D eigenvalue weighted by Crippen LogP contribution is 2.24. The molecule has 2 aromatic rings. The van der Waals surface area contributed by atoms with Crippen molar-refractivity contribution in [1.82, 2.24) is 0 Å². The number of aromatic hydroxyl groups is 1. The lowest BCUT2D eigenvalue weighted by atomic mass is 10.1. The summed E-state index contributed by atoms with van der Waals surface area (Å²) >= 11 is 0. The van der Waals surface area contributed by atoms with Crippen molar-refractivity contribution in [3.8, 4) is 23.0 Å². The summed E-state index contributed by atoms with van der Waals surface area (Å²) in [6.07, 6.45) is 0.618. The maximum Gasteiger partial charge on any atom is 0.341 e. The molecular weight excluding hydrogens is 340 g/mol. The molecule has 7 heteroatoms. The van der Waals surface area contributed by atoms with Gasteiger partial charge in [-0.3, -0.25) is 4.79 Å². The minimum Gasteiger partial charge on any atom is -0.507 e. The van der Waals surface area contributed by atoms with Crippen molar-refractivity contribution in [1.29, 1.82) is 0 Å². The van der Waals surface area contributed by atoms with E-state index in [1.807, 2.05) is 0 Å². The van der Waals surface area contributed by atoms with Gasteiger partial charge in [0.15, 0.2) is 12.4 Å². The zero-order chi connectivity index (χ0) is 18.9. The number of carbonyl (C=O) groups excluding carboxylic acids is 1. The van der Waals surface area contributed by atoms with E-state index in [1.165, 1.54) is 19.1 Å². The minimum atomic E-state index is -1.03. The van der Waals surface area contributed by atoms with Crippen molar-refractivity contribution in [3.63, 3.8) is 0 Å². The lowest BCUT2D eigenvalue weighted by Crippen LogP contribution is -2.09. The van der Waals surface area contributed by atoms with E-state index in [4.69, 9.17) is 19.3 Å². The van der Waals surface area contributed by atoms with E-state index in [-0.39, 0.29) is 23.7 Å². The standard InChI is InChI=1S/C19H20O7/c1-13(20)17-8-7-16(11-18(17)21)25-10-2-9-24-14-3-5-15(6-4-14)26-12-19(22)23/h3-8,11,21H,2,9-10,12H2,1H3,(H,22,23). The lowest BCUT2D eigenvalue weighted by Gasteiger charge is -2.10. The molecule has 0 amide bonds. The molecule has 0 spiro atoms. The van der Waals surface area contributed by atoms with Crippen LogP contribution in [0.1, 0.15) is 23.7 Å². The fraction of sp³-hybridized carbons (Fsp3) is 0.263. The summed E-state index contributed by atoms with van der Waals surface area (Å²) in [5.74, 6) is 0.230. The van der Waals surface area contributed by atoms with Gasteiger partial charge in [-0.25, -0.2) is 4.79 Å². The Bertz CT molecular complexity index is 753. The van der Waals surface area contributed by atoms with Crippen LogP contribution in [0.15, 0.2) is 42.5 Å². The van der Waals surface area contributed by atoms with Gasteiger partial charge in [0.2, 0.25) is 0 Å². The first-order valence-electron chi connectivity index (χ1n) is 8.00. The van der Waals surface area contributed by atoms with Crippen molar-refractivity contribution in [3.05, 3.63) is 48.0 Å². The van der Waals surface area contributed by atoms with E-state index >= 15 is 0 Å². The molecule has 0 aliphatic carbocycles. The number of phenolic OH excluding ortho intramolecular Hbond substituents is 1. The van der Waals surface area contributed by atoms with Gasteiger partial charge in [0.25, 0.3) is 0 Å². The molecule has 138 valence electrons. The second-order valence-electron chi connectivity index (χ2n) is 5.44. The van der Waals surface area contributed by atoms with Gasteiger partial charge in [-0.15, -0.1) is 0 Å². The predicted octanol–water partition coefficient (Wildman–Crippen LogP) is 2.91. The SMILES string of the molecule is CC(=O)c1ccc(OCCCOc2ccc(OCC(=O)O)cc2)cc1O. The van der Waals surface area contributed by atoms with Crippen molar-refractivity contribution in [2.75, 3.05) is 19.8 Å². The number of carboxylic acid groups (broad SMARTS) is 1. The van der Waals surface area contributed by atoms with Gasteiger partial charge in [-0.05, 0) is 43.3 Å². The number of ketones is 1. The third-order valence-corrected chi connectivity index (χ3v) is 3.36. The van der Waals surface area contributed by atoms with Crippen LogP contribution in [0.5, 0.6) is 23.0 Å². The number of Topliss-reactive ketones (excluding diaryl/α,β-unsaturated/α-hetero) is 1. The first-order valence-corrected chi connectivity index (χ1v) is 8.00. The molecule has 2 aromatic carbocycles. The summed E-state index contributed by atoms with van der Waals surface area (Å²) in [6, 6.07) is 11.2. The largest absolute Gasteiger partial charge is 0.507 e. The topological polar surface area (TPSA) is 102 Å². The molecule has 0 aromatic heterocycles. The molecule has 0 saturated carbocycles. The van der Waals surface area contributed by atoms with E-state index in [0.717, 1.165) is 0 Å². The monoisotopic (exact) mass is 360 g/mol. The molecule has 2 rings (SSSR count). The van der Waals surface area contributed by atoms with Crippen molar-refractivity contribution < 1.29 is 34.0 Å². The molecular formula is C19H20O7. The van der Waals surface area contributed by atoms with Gasteiger partial charge in [0.05, 0.1) is 18.8 Å². The zero-order valence-electron chi connectivity index (χ0n) is 14.3. The molecule has 0 unspecified atom stereocenters. The van der Waals surface area contributed by atoms with Crippen LogP contribution < -0.4 is 14.2 Å². The third-order valence-electron chi connectivity index (χ3n) is 3.36. The van der Waals surface area contributed by atoms with Crippen LogP contribution >= 0.6 is 0 Å². The quantitative estimate of drug-likeness (QED) is 0.496. The summed E-state index contributed by atoms with van der Waals surface area (Å²) in [5.41, 5.74) is 0.261. The molecule has 0 radical (unpaired) electrons. The number of phenols is 1. The number of rotatable bonds is 10. The molecule has 2 N–H and O–H groups in total. The molecule has 7 nitrogen and oxygen atoms in total. The van der Waals surface area contributed by atoms with E-state index in [2.05, 4.69) is 0 Å². The minimum absolute atomic E-state index is 0.101. The Morgan fingerprint density at radius 2 is 1.42 bits per heavy atom.